The summed E-state index contributed by atoms with van der Waals surface area (Å²) in [4.78, 5) is 3.75. The SMILES string of the molecule is COCCOCC(NN)c1cncc(F)c1. The molecule has 0 bridgehead atoms. The smallest absolute Gasteiger partial charge is 0.141 e. The molecule has 90 valence electrons. The van der Waals surface area contributed by atoms with Crippen LogP contribution in [0.5, 0.6) is 0 Å². The molecule has 1 atom stereocenters. The molecule has 0 aliphatic heterocycles. The molecular weight excluding hydrogens is 213 g/mol. The number of nitrogens with zero attached hydrogens (tertiary/aromatic N) is 1. The number of rotatable bonds is 7. The van der Waals surface area contributed by atoms with Crippen molar-refractivity contribution >= 4 is 0 Å². The maximum Gasteiger partial charge on any atom is 0.141 e. The fraction of sp³-hybridized carbons (Fsp3) is 0.500. The number of nitrogens with two attached hydrogens (primary N) is 1. The summed E-state index contributed by atoms with van der Waals surface area (Å²) in [5.74, 6) is 4.96. The van der Waals surface area contributed by atoms with E-state index in [-0.39, 0.29) is 6.04 Å². The number of hydrogen-bond donors (Lipinski definition) is 2. The average molecular weight is 229 g/mol. The van der Waals surface area contributed by atoms with Crippen molar-refractivity contribution in [3.8, 4) is 0 Å². The number of methoxy groups -OCH3 is 1. The van der Waals surface area contributed by atoms with Crippen LogP contribution in [0.4, 0.5) is 4.39 Å². The van der Waals surface area contributed by atoms with Crippen LogP contribution in [-0.2, 0) is 9.47 Å². The van der Waals surface area contributed by atoms with E-state index in [9.17, 15) is 4.39 Å². The van der Waals surface area contributed by atoms with Crippen LogP contribution in [-0.4, -0.2) is 31.9 Å². The van der Waals surface area contributed by atoms with E-state index in [1.165, 1.54) is 6.07 Å². The van der Waals surface area contributed by atoms with Gasteiger partial charge in [0.15, 0.2) is 0 Å². The number of nitrogens with one attached hydrogen (secondary N) is 1. The number of aromatic nitrogens is 1. The predicted molar refractivity (Wildman–Crippen MR) is 57.0 cm³/mol. The molecule has 1 aromatic rings. The Morgan fingerprint density at radius 3 is 2.94 bits per heavy atom. The second-order valence-corrected chi connectivity index (χ2v) is 3.22. The van der Waals surface area contributed by atoms with Gasteiger partial charge in [0.2, 0.25) is 0 Å². The maximum absolute atomic E-state index is 12.9. The largest absolute Gasteiger partial charge is 0.382 e. The topological polar surface area (TPSA) is 69.4 Å². The van der Waals surface area contributed by atoms with Crippen molar-refractivity contribution in [1.82, 2.24) is 10.4 Å². The molecule has 6 heteroatoms. The van der Waals surface area contributed by atoms with Gasteiger partial charge in [-0.1, -0.05) is 0 Å². The quantitative estimate of drug-likeness (QED) is 0.402. The standard InChI is InChI=1S/C10H16FN3O2/c1-15-2-3-16-7-10(14-12)8-4-9(11)6-13-5-8/h4-6,10,14H,2-3,7,12H2,1H3. The van der Waals surface area contributed by atoms with Crippen LogP contribution < -0.4 is 11.3 Å². The molecular formula is C10H16FN3O2. The first kappa shape index (κ1) is 13.0. The minimum atomic E-state index is -0.394. The van der Waals surface area contributed by atoms with E-state index >= 15 is 0 Å². The lowest BCUT2D eigenvalue weighted by Gasteiger charge is -2.15. The normalized spacial score (nSPS) is 12.7. The van der Waals surface area contributed by atoms with E-state index in [4.69, 9.17) is 15.3 Å². The lowest BCUT2D eigenvalue weighted by Crippen LogP contribution is -2.31. The second-order valence-electron chi connectivity index (χ2n) is 3.22. The predicted octanol–water partition coefficient (Wildman–Crippen LogP) is 0.388. The van der Waals surface area contributed by atoms with E-state index in [2.05, 4.69) is 10.4 Å². The Bertz CT molecular complexity index is 312. The van der Waals surface area contributed by atoms with E-state index in [1.807, 2.05) is 0 Å². The molecule has 0 fully saturated rings. The van der Waals surface area contributed by atoms with Gasteiger partial charge in [-0.05, 0) is 11.6 Å². The maximum atomic E-state index is 12.9. The molecule has 0 amide bonds. The van der Waals surface area contributed by atoms with Crippen LogP contribution in [0.1, 0.15) is 11.6 Å². The molecule has 1 heterocycles. The third-order valence-electron chi connectivity index (χ3n) is 2.05. The molecule has 16 heavy (non-hydrogen) atoms. The van der Waals surface area contributed by atoms with Gasteiger partial charge >= 0.3 is 0 Å². The number of ether oxygens (including phenoxy) is 2. The van der Waals surface area contributed by atoms with Gasteiger partial charge in [0, 0.05) is 13.3 Å². The summed E-state index contributed by atoms with van der Waals surface area (Å²) in [5.41, 5.74) is 3.20. The Kier molecular flexibility index (Phi) is 5.87. The first-order chi connectivity index (χ1) is 7.77. The van der Waals surface area contributed by atoms with E-state index in [1.54, 1.807) is 13.3 Å². The van der Waals surface area contributed by atoms with Crippen LogP contribution in [0.2, 0.25) is 0 Å². The summed E-state index contributed by atoms with van der Waals surface area (Å²) in [5, 5.41) is 0. The zero-order valence-corrected chi connectivity index (χ0v) is 9.15. The van der Waals surface area contributed by atoms with Crippen LogP contribution in [0.15, 0.2) is 18.5 Å². The summed E-state index contributed by atoms with van der Waals surface area (Å²) < 4.78 is 23.1. The first-order valence-corrected chi connectivity index (χ1v) is 4.91. The van der Waals surface area contributed by atoms with E-state index in [0.29, 0.717) is 25.4 Å². The average Bonchev–Trinajstić information content (AvgIpc) is 2.29. The minimum absolute atomic E-state index is 0.278. The Hall–Kier alpha value is -1.08. The fourth-order valence-electron chi connectivity index (χ4n) is 1.20. The Morgan fingerprint density at radius 1 is 1.50 bits per heavy atom. The van der Waals surface area contributed by atoms with Gasteiger partial charge < -0.3 is 9.47 Å². The molecule has 0 aromatic carbocycles. The Balaban J connectivity index is 2.47. The van der Waals surface area contributed by atoms with Crippen LogP contribution in [0, 0.1) is 5.82 Å². The summed E-state index contributed by atoms with van der Waals surface area (Å²) in [6.07, 6.45) is 2.69. The van der Waals surface area contributed by atoms with Crippen molar-refractivity contribution in [2.75, 3.05) is 26.9 Å². The second kappa shape index (κ2) is 7.24. The lowest BCUT2D eigenvalue weighted by atomic mass is 10.1. The molecule has 0 saturated heterocycles. The van der Waals surface area contributed by atoms with Gasteiger partial charge in [0.05, 0.1) is 32.1 Å². The van der Waals surface area contributed by atoms with Crippen molar-refractivity contribution in [3.63, 3.8) is 0 Å². The van der Waals surface area contributed by atoms with Crippen LogP contribution >= 0.6 is 0 Å². The van der Waals surface area contributed by atoms with Crippen molar-refractivity contribution in [1.29, 1.82) is 0 Å². The highest BCUT2D eigenvalue weighted by Crippen LogP contribution is 2.12. The monoisotopic (exact) mass is 229 g/mol. The molecule has 0 spiro atoms. The molecule has 0 aliphatic carbocycles. The number of hydrogen-bond acceptors (Lipinski definition) is 5. The molecule has 1 rings (SSSR count). The van der Waals surface area contributed by atoms with Gasteiger partial charge in [-0.2, -0.15) is 0 Å². The van der Waals surface area contributed by atoms with Gasteiger partial charge in [-0.3, -0.25) is 16.3 Å². The number of halogens is 1. The number of pyridine rings is 1. The van der Waals surface area contributed by atoms with Gasteiger partial charge in [-0.25, -0.2) is 4.39 Å². The third-order valence-corrected chi connectivity index (χ3v) is 2.05. The fourth-order valence-corrected chi connectivity index (χ4v) is 1.20. The third kappa shape index (κ3) is 4.19. The van der Waals surface area contributed by atoms with Crippen molar-refractivity contribution in [2.24, 2.45) is 5.84 Å². The minimum Gasteiger partial charge on any atom is -0.382 e. The zero-order chi connectivity index (χ0) is 11.8. The first-order valence-electron chi connectivity index (χ1n) is 4.91. The lowest BCUT2D eigenvalue weighted by molar-refractivity contribution is 0.0585. The summed E-state index contributed by atoms with van der Waals surface area (Å²) in [6, 6.07) is 1.09. The molecule has 1 aromatic heterocycles. The highest BCUT2D eigenvalue weighted by molar-refractivity contribution is 5.14. The number of hydrazine groups is 1. The Labute approximate surface area is 93.7 Å². The molecule has 0 saturated carbocycles. The van der Waals surface area contributed by atoms with Gasteiger partial charge in [-0.15, -0.1) is 0 Å². The van der Waals surface area contributed by atoms with Crippen LogP contribution in [0.25, 0.3) is 0 Å². The summed E-state index contributed by atoms with van der Waals surface area (Å²) in [7, 11) is 1.60. The Morgan fingerprint density at radius 2 is 2.31 bits per heavy atom. The van der Waals surface area contributed by atoms with Crippen molar-refractivity contribution in [2.45, 2.75) is 6.04 Å². The van der Waals surface area contributed by atoms with Crippen LogP contribution in [0.3, 0.4) is 0 Å². The van der Waals surface area contributed by atoms with E-state index < -0.39 is 5.82 Å². The van der Waals surface area contributed by atoms with Gasteiger partial charge in [0.1, 0.15) is 5.82 Å². The molecule has 0 radical (unpaired) electrons. The van der Waals surface area contributed by atoms with Gasteiger partial charge in [0.25, 0.3) is 0 Å². The highest BCUT2D eigenvalue weighted by Gasteiger charge is 2.10. The van der Waals surface area contributed by atoms with Crippen molar-refractivity contribution < 1.29 is 13.9 Å². The zero-order valence-electron chi connectivity index (χ0n) is 9.15. The summed E-state index contributed by atoms with van der Waals surface area (Å²) in [6.45, 7) is 1.32. The summed E-state index contributed by atoms with van der Waals surface area (Å²) >= 11 is 0. The molecule has 3 N–H and O–H groups in total. The van der Waals surface area contributed by atoms with E-state index in [0.717, 1.165) is 6.20 Å². The highest BCUT2D eigenvalue weighted by atomic mass is 19.1. The molecule has 5 nitrogen and oxygen atoms in total. The molecule has 1 unspecified atom stereocenters. The molecule has 0 aliphatic rings. The van der Waals surface area contributed by atoms with Crippen molar-refractivity contribution in [3.05, 3.63) is 29.8 Å².